The van der Waals surface area contributed by atoms with E-state index < -0.39 is 10.0 Å². The van der Waals surface area contributed by atoms with E-state index in [1.807, 2.05) is 62.1 Å². The Morgan fingerprint density at radius 2 is 1.52 bits per heavy atom. The lowest BCUT2D eigenvalue weighted by Crippen LogP contribution is -2.52. The molecule has 0 spiro atoms. The van der Waals surface area contributed by atoms with Crippen molar-refractivity contribution in [2.45, 2.75) is 38.5 Å². The van der Waals surface area contributed by atoms with Crippen molar-refractivity contribution < 1.29 is 13.2 Å². The van der Waals surface area contributed by atoms with Gasteiger partial charge in [0.15, 0.2) is 0 Å². The van der Waals surface area contributed by atoms with Crippen LogP contribution in [0.4, 0.5) is 5.69 Å². The van der Waals surface area contributed by atoms with E-state index in [1.54, 1.807) is 4.31 Å². The van der Waals surface area contributed by atoms with E-state index in [1.165, 1.54) is 0 Å². The molecule has 1 amide bonds. The number of anilines is 1. The number of amides is 1. The highest BCUT2D eigenvalue weighted by atomic mass is 35.5. The average Bonchev–Trinajstić information content (AvgIpc) is 2.78. The molecular formula is C25H32ClN3O3S. The molecule has 2 saturated heterocycles. The van der Waals surface area contributed by atoms with Gasteiger partial charge in [0, 0.05) is 55.9 Å². The predicted octanol–water partition coefficient (Wildman–Crippen LogP) is 4.01. The first kappa shape index (κ1) is 24.0. The molecule has 2 aromatic carbocycles. The summed E-state index contributed by atoms with van der Waals surface area (Å²) in [5.74, 6) is 0.0369. The summed E-state index contributed by atoms with van der Waals surface area (Å²) in [7, 11) is -3.56. The number of nitrogens with zero attached hydrogens (tertiary/aromatic N) is 3. The third-order valence-electron chi connectivity index (χ3n) is 6.77. The molecule has 8 heteroatoms. The third-order valence-corrected chi connectivity index (χ3v) is 9.21. The van der Waals surface area contributed by atoms with Gasteiger partial charge in [-0.05, 0) is 62.9 Å². The van der Waals surface area contributed by atoms with Crippen molar-refractivity contribution in [3.8, 4) is 0 Å². The van der Waals surface area contributed by atoms with Gasteiger partial charge in [0.05, 0.1) is 4.90 Å². The van der Waals surface area contributed by atoms with E-state index in [-0.39, 0.29) is 11.8 Å². The van der Waals surface area contributed by atoms with Crippen LogP contribution in [0.25, 0.3) is 0 Å². The highest BCUT2D eigenvalue weighted by molar-refractivity contribution is 7.89. The Labute approximate surface area is 202 Å². The van der Waals surface area contributed by atoms with Crippen LogP contribution in [0.1, 0.15) is 29.5 Å². The number of piperidine rings is 1. The molecule has 2 aliphatic heterocycles. The summed E-state index contributed by atoms with van der Waals surface area (Å²) in [5.41, 5.74) is 3.70. The van der Waals surface area contributed by atoms with Gasteiger partial charge in [-0.3, -0.25) is 4.79 Å². The van der Waals surface area contributed by atoms with Crippen LogP contribution in [0.3, 0.4) is 0 Å². The Kier molecular flexibility index (Phi) is 7.03. The lowest BCUT2D eigenvalue weighted by molar-refractivity contribution is -0.137. The second-order valence-electron chi connectivity index (χ2n) is 9.20. The number of rotatable bonds is 4. The Bertz CT molecular complexity index is 1110. The van der Waals surface area contributed by atoms with E-state index >= 15 is 0 Å². The van der Waals surface area contributed by atoms with Gasteiger partial charge in [0.25, 0.3) is 0 Å². The van der Waals surface area contributed by atoms with Crippen molar-refractivity contribution in [1.29, 1.82) is 0 Å². The molecule has 0 N–H and O–H groups in total. The standard InChI is InChI=1S/C25H32ClN3O3S/c1-18-15-19(2)24(20(3)16-18)33(31,32)29-9-7-21(8-10-29)25(30)28-13-11-27(12-14-28)23-6-4-5-22(26)17-23/h4-6,15-17,21H,7-14H2,1-3H3. The molecule has 0 bridgehead atoms. The smallest absolute Gasteiger partial charge is 0.243 e. The van der Waals surface area contributed by atoms with Crippen molar-refractivity contribution in [3.05, 3.63) is 58.1 Å². The molecule has 0 saturated carbocycles. The summed E-state index contributed by atoms with van der Waals surface area (Å²) >= 11 is 6.11. The number of piperazine rings is 1. The largest absolute Gasteiger partial charge is 0.368 e. The van der Waals surface area contributed by atoms with Gasteiger partial charge in [-0.1, -0.05) is 35.4 Å². The SMILES string of the molecule is Cc1cc(C)c(S(=O)(=O)N2CCC(C(=O)N3CCN(c4cccc(Cl)c4)CC3)CC2)c(C)c1. The van der Waals surface area contributed by atoms with Gasteiger partial charge in [0.2, 0.25) is 15.9 Å². The van der Waals surface area contributed by atoms with Gasteiger partial charge in [-0.25, -0.2) is 8.42 Å². The fourth-order valence-corrected chi connectivity index (χ4v) is 7.23. The molecule has 0 aromatic heterocycles. The van der Waals surface area contributed by atoms with Crippen LogP contribution in [0.2, 0.25) is 5.02 Å². The molecule has 2 aromatic rings. The molecule has 4 rings (SSSR count). The number of hydrogen-bond donors (Lipinski definition) is 0. The summed E-state index contributed by atoms with van der Waals surface area (Å²) in [4.78, 5) is 17.7. The Hall–Kier alpha value is -2.09. The molecule has 6 nitrogen and oxygen atoms in total. The molecule has 0 unspecified atom stereocenters. The number of hydrogen-bond acceptors (Lipinski definition) is 4. The molecule has 33 heavy (non-hydrogen) atoms. The molecule has 2 fully saturated rings. The Morgan fingerprint density at radius 1 is 0.909 bits per heavy atom. The molecule has 2 heterocycles. The molecule has 0 atom stereocenters. The lowest BCUT2D eigenvalue weighted by atomic mass is 9.96. The van der Waals surface area contributed by atoms with Crippen LogP contribution >= 0.6 is 11.6 Å². The van der Waals surface area contributed by atoms with Crippen LogP contribution in [-0.2, 0) is 14.8 Å². The molecule has 0 aliphatic carbocycles. The van der Waals surface area contributed by atoms with Crippen molar-refractivity contribution >= 4 is 33.2 Å². The van der Waals surface area contributed by atoms with Gasteiger partial charge in [-0.15, -0.1) is 0 Å². The fourth-order valence-electron chi connectivity index (χ4n) is 5.16. The third kappa shape index (κ3) is 5.05. The maximum atomic E-state index is 13.3. The number of carbonyl (C=O) groups is 1. The molecule has 178 valence electrons. The number of sulfonamides is 1. The van der Waals surface area contributed by atoms with Crippen LogP contribution in [0.5, 0.6) is 0 Å². The van der Waals surface area contributed by atoms with E-state index in [9.17, 15) is 13.2 Å². The Balaban J connectivity index is 1.35. The minimum Gasteiger partial charge on any atom is -0.368 e. The fraction of sp³-hybridized carbons (Fsp3) is 0.480. The quantitative estimate of drug-likeness (QED) is 0.651. The molecule has 2 aliphatic rings. The maximum absolute atomic E-state index is 13.3. The normalized spacial score (nSPS) is 18.5. The zero-order valence-electron chi connectivity index (χ0n) is 19.6. The first-order valence-electron chi connectivity index (χ1n) is 11.5. The summed E-state index contributed by atoms with van der Waals surface area (Å²) in [5, 5.41) is 0.712. The second-order valence-corrected chi connectivity index (χ2v) is 11.5. The van der Waals surface area contributed by atoms with Crippen LogP contribution in [0.15, 0.2) is 41.3 Å². The van der Waals surface area contributed by atoms with Crippen molar-refractivity contribution in [2.24, 2.45) is 5.92 Å². The van der Waals surface area contributed by atoms with Gasteiger partial charge in [-0.2, -0.15) is 4.31 Å². The first-order chi connectivity index (χ1) is 15.7. The van der Waals surface area contributed by atoms with Crippen molar-refractivity contribution in [2.75, 3.05) is 44.2 Å². The van der Waals surface area contributed by atoms with Crippen molar-refractivity contribution in [1.82, 2.24) is 9.21 Å². The highest BCUT2D eigenvalue weighted by Gasteiger charge is 2.35. The summed E-state index contributed by atoms with van der Waals surface area (Å²) in [6, 6.07) is 11.6. The number of halogens is 1. The topological polar surface area (TPSA) is 60.9 Å². The van der Waals surface area contributed by atoms with E-state index in [2.05, 4.69) is 4.90 Å². The van der Waals surface area contributed by atoms with E-state index in [4.69, 9.17) is 11.6 Å². The van der Waals surface area contributed by atoms with Crippen LogP contribution < -0.4 is 4.90 Å². The van der Waals surface area contributed by atoms with Gasteiger partial charge < -0.3 is 9.80 Å². The highest BCUT2D eigenvalue weighted by Crippen LogP contribution is 2.30. The van der Waals surface area contributed by atoms with E-state index in [0.717, 1.165) is 35.5 Å². The first-order valence-corrected chi connectivity index (χ1v) is 13.4. The Morgan fingerprint density at radius 3 is 2.09 bits per heavy atom. The number of aryl methyl sites for hydroxylation is 3. The second kappa shape index (κ2) is 9.65. The minimum absolute atomic E-state index is 0.116. The number of benzene rings is 2. The molecular weight excluding hydrogens is 458 g/mol. The zero-order chi connectivity index (χ0) is 23.8. The van der Waals surface area contributed by atoms with Crippen LogP contribution in [0, 0.1) is 26.7 Å². The summed E-state index contributed by atoms with van der Waals surface area (Å²) in [6.07, 6.45) is 1.13. The average molecular weight is 490 g/mol. The van der Waals surface area contributed by atoms with Gasteiger partial charge >= 0.3 is 0 Å². The minimum atomic E-state index is -3.56. The predicted molar refractivity (Wildman–Crippen MR) is 132 cm³/mol. The van der Waals surface area contributed by atoms with E-state index in [0.29, 0.717) is 48.9 Å². The maximum Gasteiger partial charge on any atom is 0.243 e. The van der Waals surface area contributed by atoms with Gasteiger partial charge in [0.1, 0.15) is 0 Å². The van der Waals surface area contributed by atoms with Crippen LogP contribution in [-0.4, -0.2) is 62.8 Å². The summed E-state index contributed by atoms with van der Waals surface area (Å²) < 4.78 is 28.2. The monoisotopic (exact) mass is 489 g/mol. The van der Waals surface area contributed by atoms with Crippen molar-refractivity contribution in [3.63, 3.8) is 0 Å². The number of carbonyl (C=O) groups excluding carboxylic acids is 1. The lowest BCUT2D eigenvalue weighted by Gasteiger charge is -2.39. The summed E-state index contributed by atoms with van der Waals surface area (Å²) in [6.45, 7) is 9.33. The molecule has 0 radical (unpaired) electrons. The zero-order valence-corrected chi connectivity index (χ0v) is 21.1.